The first-order valence-electron chi connectivity index (χ1n) is 6.59. The fraction of sp³-hybridized carbons (Fsp3) is 0.0667. The molecule has 0 aliphatic rings. The third-order valence-electron chi connectivity index (χ3n) is 3.33. The van der Waals surface area contributed by atoms with Crippen LogP contribution in [0.2, 0.25) is 5.02 Å². The summed E-state index contributed by atoms with van der Waals surface area (Å²) in [6.45, 7) is 0.558. The van der Waals surface area contributed by atoms with Gasteiger partial charge in [0.05, 0.1) is 23.1 Å². The number of nitrogens with two attached hydrogens (primary N) is 2. The van der Waals surface area contributed by atoms with Crippen LogP contribution in [0.15, 0.2) is 42.7 Å². The van der Waals surface area contributed by atoms with Gasteiger partial charge in [-0.2, -0.15) is 0 Å². The van der Waals surface area contributed by atoms with E-state index in [-0.39, 0.29) is 5.56 Å². The van der Waals surface area contributed by atoms with Gasteiger partial charge in [-0.05, 0) is 29.8 Å². The highest BCUT2D eigenvalue weighted by Gasteiger charge is 2.11. The van der Waals surface area contributed by atoms with Gasteiger partial charge in [0, 0.05) is 10.7 Å². The van der Waals surface area contributed by atoms with E-state index in [0.29, 0.717) is 22.8 Å². The Hall–Kier alpha value is -2.73. The van der Waals surface area contributed by atoms with Crippen LogP contribution in [0.3, 0.4) is 0 Å². The summed E-state index contributed by atoms with van der Waals surface area (Å²) in [4.78, 5) is 15.6. The summed E-state index contributed by atoms with van der Waals surface area (Å²) >= 11 is 5.96. The van der Waals surface area contributed by atoms with Crippen molar-refractivity contribution in [3.8, 4) is 0 Å². The molecule has 0 saturated carbocycles. The fourth-order valence-corrected chi connectivity index (χ4v) is 2.45. The van der Waals surface area contributed by atoms with Gasteiger partial charge in [0.15, 0.2) is 0 Å². The largest absolute Gasteiger partial charge is 0.398 e. The number of anilines is 1. The molecule has 0 bridgehead atoms. The van der Waals surface area contributed by atoms with E-state index in [2.05, 4.69) is 10.4 Å². The molecule has 1 aromatic heterocycles. The van der Waals surface area contributed by atoms with Crippen molar-refractivity contribution in [1.82, 2.24) is 9.66 Å². The molecule has 0 aliphatic carbocycles. The van der Waals surface area contributed by atoms with Gasteiger partial charge >= 0.3 is 0 Å². The molecule has 22 heavy (non-hydrogen) atoms. The molecule has 3 aromatic rings. The Morgan fingerprint density at radius 2 is 2.14 bits per heavy atom. The number of amides is 1. The third-order valence-corrected chi connectivity index (χ3v) is 3.56. The van der Waals surface area contributed by atoms with Gasteiger partial charge in [-0.25, -0.2) is 9.66 Å². The van der Waals surface area contributed by atoms with Gasteiger partial charge in [-0.3, -0.25) is 4.79 Å². The SMILES string of the molecule is NC(=O)c1cc2c(cc1N)ncn2NCc1cccc(Cl)c1. The molecule has 0 saturated heterocycles. The number of carbonyl (C=O) groups is 1. The summed E-state index contributed by atoms with van der Waals surface area (Å²) in [6.07, 6.45) is 1.62. The highest BCUT2D eigenvalue weighted by Crippen LogP contribution is 2.20. The molecule has 1 amide bonds. The second kappa shape index (κ2) is 5.57. The van der Waals surface area contributed by atoms with E-state index in [4.69, 9.17) is 23.1 Å². The van der Waals surface area contributed by atoms with Gasteiger partial charge < -0.3 is 16.9 Å². The maximum Gasteiger partial charge on any atom is 0.250 e. The zero-order valence-electron chi connectivity index (χ0n) is 11.6. The summed E-state index contributed by atoms with van der Waals surface area (Å²) in [5.74, 6) is -0.568. The lowest BCUT2D eigenvalue weighted by Crippen LogP contribution is -2.15. The first kappa shape index (κ1) is 14.2. The molecule has 0 aliphatic heterocycles. The van der Waals surface area contributed by atoms with Crippen LogP contribution in [0.25, 0.3) is 11.0 Å². The minimum atomic E-state index is -0.568. The van der Waals surface area contributed by atoms with Gasteiger partial charge in [-0.15, -0.1) is 0 Å². The number of imidazole rings is 1. The van der Waals surface area contributed by atoms with Gasteiger partial charge in [0.1, 0.15) is 6.33 Å². The summed E-state index contributed by atoms with van der Waals surface area (Å²) in [5.41, 5.74) is 17.3. The van der Waals surface area contributed by atoms with E-state index in [0.717, 1.165) is 11.1 Å². The summed E-state index contributed by atoms with van der Waals surface area (Å²) in [7, 11) is 0. The monoisotopic (exact) mass is 315 g/mol. The van der Waals surface area contributed by atoms with E-state index in [1.54, 1.807) is 23.1 Å². The third kappa shape index (κ3) is 2.68. The minimum Gasteiger partial charge on any atom is -0.398 e. The van der Waals surface area contributed by atoms with Crippen LogP contribution in [0.5, 0.6) is 0 Å². The zero-order valence-corrected chi connectivity index (χ0v) is 12.3. The van der Waals surface area contributed by atoms with Crippen LogP contribution >= 0.6 is 11.6 Å². The molecular formula is C15H14ClN5O. The van der Waals surface area contributed by atoms with Gasteiger partial charge in [0.2, 0.25) is 0 Å². The molecule has 2 aromatic carbocycles. The Morgan fingerprint density at radius 3 is 2.86 bits per heavy atom. The summed E-state index contributed by atoms with van der Waals surface area (Å²) in [6, 6.07) is 10.8. The molecule has 7 heteroatoms. The highest BCUT2D eigenvalue weighted by molar-refractivity contribution is 6.30. The molecule has 112 valence electrons. The number of fused-ring (bicyclic) bond motifs is 1. The smallest absolute Gasteiger partial charge is 0.250 e. The summed E-state index contributed by atoms with van der Waals surface area (Å²) < 4.78 is 1.72. The Bertz CT molecular complexity index is 858. The van der Waals surface area contributed by atoms with Crippen molar-refractivity contribution in [1.29, 1.82) is 0 Å². The molecule has 1 heterocycles. The Morgan fingerprint density at radius 1 is 1.32 bits per heavy atom. The van der Waals surface area contributed by atoms with E-state index in [1.165, 1.54) is 0 Å². The lowest BCUT2D eigenvalue weighted by atomic mass is 10.1. The standard InChI is InChI=1S/C15H14ClN5O/c16-10-3-1-2-9(4-10)7-20-21-8-19-13-6-12(17)11(15(18)22)5-14(13)21/h1-6,8,20H,7,17H2,(H2,18,22). The van der Waals surface area contributed by atoms with Crippen molar-refractivity contribution in [2.45, 2.75) is 6.54 Å². The lowest BCUT2D eigenvalue weighted by molar-refractivity contribution is 0.100. The molecule has 3 rings (SSSR count). The maximum atomic E-state index is 11.4. The van der Waals surface area contributed by atoms with E-state index < -0.39 is 5.91 Å². The Balaban J connectivity index is 1.91. The molecule has 5 N–H and O–H groups in total. The number of primary amides is 1. The number of nitrogens with one attached hydrogen (secondary N) is 1. The van der Waals surface area contributed by atoms with Crippen molar-refractivity contribution in [3.63, 3.8) is 0 Å². The Labute approximate surface area is 131 Å². The molecule has 0 radical (unpaired) electrons. The van der Waals surface area contributed by atoms with Gasteiger partial charge in [-0.1, -0.05) is 23.7 Å². The number of halogens is 1. The van der Waals surface area contributed by atoms with Crippen molar-refractivity contribution in [2.24, 2.45) is 5.73 Å². The van der Waals surface area contributed by atoms with Crippen molar-refractivity contribution in [2.75, 3.05) is 11.2 Å². The number of aromatic nitrogens is 2. The van der Waals surface area contributed by atoms with E-state index in [1.807, 2.05) is 24.3 Å². The van der Waals surface area contributed by atoms with Crippen LogP contribution < -0.4 is 16.9 Å². The highest BCUT2D eigenvalue weighted by atomic mass is 35.5. The maximum absolute atomic E-state index is 11.4. The quantitative estimate of drug-likeness (QED) is 0.642. The topological polar surface area (TPSA) is 99.0 Å². The molecule has 0 unspecified atom stereocenters. The number of nitrogens with zero attached hydrogens (tertiary/aromatic N) is 2. The molecule has 0 spiro atoms. The summed E-state index contributed by atoms with van der Waals surface area (Å²) in [5, 5.41) is 0.679. The molecule has 0 atom stereocenters. The van der Waals surface area contributed by atoms with Crippen LogP contribution in [0.1, 0.15) is 15.9 Å². The van der Waals surface area contributed by atoms with E-state index >= 15 is 0 Å². The molecule has 6 nitrogen and oxygen atoms in total. The van der Waals surface area contributed by atoms with Crippen molar-refractivity contribution >= 4 is 34.2 Å². The normalized spacial score (nSPS) is 10.8. The lowest BCUT2D eigenvalue weighted by Gasteiger charge is -2.10. The predicted molar refractivity (Wildman–Crippen MR) is 87.2 cm³/mol. The predicted octanol–water partition coefficient (Wildman–Crippen LogP) is 2.11. The second-order valence-corrected chi connectivity index (χ2v) is 5.31. The average molecular weight is 316 g/mol. The Kier molecular flexibility index (Phi) is 3.60. The van der Waals surface area contributed by atoms with Crippen molar-refractivity contribution < 1.29 is 4.79 Å². The zero-order chi connectivity index (χ0) is 15.7. The number of nitrogen functional groups attached to an aromatic ring is 1. The number of rotatable bonds is 4. The number of hydrogen-bond donors (Lipinski definition) is 3. The first-order chi connectivity index (χ1) is 10.5. The molecule has 0 fully saturated rings. The van der Waals surface area contributed by atoms with E-state index in [9.17, 15) is 4.79 Å². The van der Waals surface area contributed by atoms with Crippen LogP contribution in [0, 0.1) is 0 Å². The fourth-order valence-electron chi connectivity index (χ4n) is 2.23. The first-order valence-corrected chi connectivity index (χ1v) is 6.97. The number of carbonyl (C=O) groups excluding carboxylic acids is 1. The van der Waals surface area contributed by atoms with Crippen LogP contribution in [-0.4, -0.2) is 15.6 Å². The number of hydrogen-bond acceptors (Lipinski definition) is 4. The average Bonchev–Trinajstić information content (AvgIpc) is 2.86. The minimum absolute atomic E-state index is 0.277. The van der Waals surface area contributed by atoms with Crippen LogP contribution in [-0.2, 0) is 6.54 Å². The molecular weight excluding hydrogens is 302 g/mol. The van der Waals surface area contributed by atoms with Crippen molar-refractivity contribution in [3.05, 3.63) is 58.9 Å². The second-order valence-electron chi connectivity index (χ2n) is 4.87. The van der Waals surface area contributed by atoms with Crippen LogP contribution in [0.4, 0.5) is 5.69 Å². The number of benzene rings is 2. The van der Waals surface area contributed by atoms with Gasteiger partial charge in [0.25, 0.3) is 5.91 Å².